The van der Waals surface area contributed by atoms with Crippen LogP contribution in [0.1, 0.15) is 26.4 Å². The Morgan fingerprint density at radius 2 is 1.75 bits per heavy atom. The minimum atomic E-state index is -0.402. The minimum Gasteiger partial charge on any atom is -0.465 e. The molecule has 2 aromatic rings. The van der Waals surface area contributed by atoms with E-state index in [1.165, 1.54) is 11.7 Å². The maximum Gasteiger partial charge on any atom is 0.337 e. The zero-order chi connectivity index (χ0) is 17.9. The van der Waals surface area contributed by atoms with Crippen LogP contribution in [0.2, 0.25) is 0 Å². The van der Waals surface area contributed by atoms with E-state index in [9.17, 15) is 14.4 Å². The standard InChI is InChI=1S/C16H12Br3NO4/c1-24-16(23)10-4-2-9(3-5-10)6-7-20-13(14(19)21)11(17)8-12(18)15(20)22/h2-5,8H,6-7H2,1H3. The second-order valence-electron chi connectivity index (χ2n) is 4.86. The van der Waals surface area contributed by atoms with Crippen molar-refractivity contribution in [2.45, 2.75) is 13.0 Å². The average molecular weight is 522 g/mol. The summed E-state index contributed by atoms with van der Waals surface area (Å²) in [4.78, 5) is 35.5. The average Bonchev–Trinajstić information content (AvgIpc) is 2.56. The molecule has 0 aliphatic rings. The Morgan fingerprint density at radius 3 is 2.29 bits per heavy atom. The van der Waals surface area contributed by atoms with Gasteiger partial charge in [-0.1, -0.05) is 12.1 Å². The zero-order valence-electron chi connectivity index (χ0n) is 12.5. The topological polar surface area (TPSA) is 65.4 Å². The van der Waals surface area contributed by atoms with Crippen molar-refractivity contribution in [3.63, 3.8) is 0 Å². The zero-order valence-corrected chi connectivity index (χ0v) is 17.3. The maximum atomic E-state index is 12.3. The van der Waals surface area contributed by atoms with Crippen LogP contribution in [0.5, 0.6) is 0 Å². The van der Waals surface area contributed by atoms with E-state index >= 15 is 0 Å². The summed E-state index contributed by atoms with van der Waals surface area (Å²) < 4.78 is 6.57. The Kier molecular flexibility index (Phi) is 6.54. The van der Waals surface area contributed by atoms with Gasteiger partial charge in [0, 0.05) is 11.0 Å². The summed E-state index contributed by atoms with van der Waals surface area (Å²) in [6.07, 6.45) is 0.525. The predicted octanol–water partition coefficient (Wildman–Crippen LogP) is 3.94. The van der Waals surface area contributed by atoms with E-state index in [1.807, 2.05) is 0 Å². The Labute approximate surface area is 163 Å². The van der Waals surface area contributed by atoms with Gasteiger partial charge in [0.1, 0.15) is 5.69 Å². The van der Waals surface area contributed by atoms with Gasteiger partial charge in [0.05, 0.1) is 17.1 Å². The van der Waals surface area contributed by atoms with Crippen LogP contribution in [-0.2, 0) is 17.7 Å². The monoisotopic (exact) mass is 519 g/mol. The molecule has 0 N–H and O–H groups in total. The molecule has 8 heteroatoms. The molecular formula is C16H12Br3NO4. The van der Waals surface area contributed by atoms with Gasteiger partial charge in [-0.15, -0.1) is 0 Å². The van der Waals surface area contributed by atoms with E-state index in [-0.39, 0.29) is 15.9 Å². The number of nitrogens with zero attached hydrogens (tertiary/aromatic N) is 1. The molecule has 0 atom stereocenters. The summed E-state index contributed by atoms with van der Waals surface area (Å²) in [6.45, 7) is 0.321. The van der Waals surface area contributed by atoms with Crippen LogP contribution in [0.25, 0.3) is 0 Å². The van der Waals surface area contributed by atoms with Crippen LogP contribution >= 0.6 is 47.8 Å². The largest absolute Gasteiger partial charge is 0.465 e. The van der Waals surface area contributed by atoms with E-state index in [0.29, 0.717) is 27.5 Å². The Hall–Kier alpha value is -1.25. The van der Waals surface area contributed by atoms with Crippen molar-refractivity contribution in [3.05, 3.63) is 66.5 Å². The number of pyridine rings is 1. The number of rotatable bonds is 5. The molecule has 1 aromatic heterocycles. The fourth-order valence-electron chi connectivity index (χ4n) is 2.18. The number of aromatic nitrogens is 1. The van der Waals surface area contributed by atoms with Crippen LogP contribution < -0.4 is 5.56 Å². The van der Waals surface area contributed by atoms with Gasteiger partial charge in [-0.3, -0.25) is 9.59 Å². The quantitative estimate of drug-likeness (QED) is 0.442. The third kappa shape index (κ3) is 4.23. The van der Waals surface area contributed by atoms with Crippen molar-refractivity contribution in [2.75, 3.05) is 7.11 Å². The highest BCUT2D eigenvalue weighted by molar-refractivity contribution is 9.18. The summed E-state index contributed by atoms with van der Waals surface area (Å²) in [7, 11) is 1.33. The molecule has 1 aromatic carbocycles. The first kappa shape index (κ1) is 19.1. The molecule has 0 spiro atoms. The lowest BCUT2D eigenvalue weighted by molar-refractivity contribution is 0.0600. The number of benzene rings is 1. The summed E-state index contributed by atoms with van der Waals surface area (Å²) in [6, 6.07) is 8.47. The highest BCUT2D eigenvalue weighted by Crippen LogP contribution is 2.22. The summed E-state index contributed by atoms with van der Waals surface area (Å²) in [5.74, 6) is -0.402. The number of hydrogen-bond acceptors (Lipinski definition) is 4. The van der Waals surface area contributed by atoms with E-state index in [1.54, 1.807) is 30.3 Å². The van der Waals surface area contributed by atoms with Gasteiger partial charge in [0.2, 0.25) is 4.69 Å². The van der Waals surface area contributed by atoms with E-state index in [2.05, 4.69) is 52.5 Å². The first-order valence-electron chi connectivity index (χ1n) is 6.81. The number of carbonyl (C=O) groups is 2. The number of carbonyl (C=O) groups excluding carboxylic acids is 2. The third-order valence-electron chi connectivity index (χ3n) is 3.38. The predicted molar refractivity (Wildman–Crippen MR) is 101 cm³/mol. The third-order valence-corrected chi connectivity index (χ3v) is 4.93. The van der Waals surface area contributed by atoms with Crippen molar-refractivity contribution in [1.29, 1.82) is 0 Å². The number of hydrogen-bond donors (Lipinski definition) is 0. The Bertz CT molecular complexity index is 844. The van der Waals surface area contributed by atoms with Crippen LogP contribution in [0.3, 0.4) is 0 Å². The highest BCUT2D eigenvalue weighted by atomic mass is 79.9. The van der Waals surface area contributed by atoms with Gasteiger partial charge in [-0.05, 0) is 78.0 Å². The molecule has 5 nitrogen and oxygen atoms in total. The fourth-order valence-corrected chi connectivity index (χ4v) is 4.25. The summed E-state index contributed by atoms with van der Waals surface area (Å²) in [5, 5.41) is 0. The van der Waals surface area contributed by atoms with Crippen molar-refractivity contribution in [3.8, 4) is 0 Å². The number of methoxy groups -OCH3 is 1. The van der Waals surface area contributed by atoms with Gasteiger partial charge in [-0.25, -0.2) is 4.79 Å². The number of esters is 1. The molecule has 0 saturated heterocycles. The van der Waals surface area contributed by atoms with Gasteiger partial charge in [0.15, 0.2) is 0 Å². The second kappa shape index (κ2) is 8.22. The molecule has 24 heavy (non-hydrogen) atoms. The lowest BCUT2D eigenvalue weighted by Gasteiger charge is -2.13. The van der Waals surface area contributed by atoms with Crippen molar-refractivity contribution < 1.29 is 14.3 Å². The van der Waals surface area contributed by atoms with Crippen LogP contribution in [0.15, 0.2) is 44.1 Å². The molecule has 0 bridgehead atoms. The molecule has 2 rings (SSSR count). The molecular weight excluding hydrogens is 510 g/mol. The van der Waals surface area contributed by atoms with Crippen LogP contribution in [-0.4, -0.2) is 22.3 Å². The molecule has 0 radical (unpaired) electrons. The first-order valence-corrected chi connectivity index (χ1v) is 9.19. The van der Waals surface area contributed by atoms with Crippen molar-refractivity contribution >= 4 is 58.5 Å². The summed E-state index contributed by atoms with van der Waals surface area (Å²) in [5.41, 5.74) is 1.36. The Morgan fingerprint density at radius 1 is 1.12 bits per heavy atom. The first-order chi connectivity index (χ1) is 11.3. The molecule has 0 fully saturated rings. The van der Waals surface area contributed by atoms with Gasteiger partial charge < -0.3 is 9.30 Å². The molecule has 0 saturated carbocycles. The van der Waals surface area contributed by atoms with E-state index in [0.717, 1.165) is 5.56 Å². The lowest BCUT2D eigenvalue weighted by atomic mass is 10.1. The van der Waals surface area contributed by atoms with Crippen LogP contribution in [0, 0.1) is 0 Å². The highest BCUT2D eigenvalue weighted by Gasteiger charge is 2.17. The molecule has 0 amide bonds. The van der Waals surface area contributed by atoms with Crippen LogP contribution in [0.4, 0.5) is 0 Å². The molecule has 0 unspecified atom stereocenters. The second-order valence-corrected chi connectivity index (χ2v) is 7.29. The molecule has 1 heterocycles. The van der Waals surface area contributed by atoms with Gasteiger partial charge >= 0.3 is 5.97 Å². The maximum absolute atomic E-state index is 12.3. The van der Waals surface area contributed by atoms with Gasteiger partial charge in [-0.2, -0.15) is 0 Å². The van der Waals surface area contributed by atoms with Crippen molar-refractivity contribution in [2.24, 2.45) is 0 Å². The SMILES string of the molecule is COC(=O)c1ccc(CCn2c(C(=O)Br)c(Br)cc(Br)c2=O)cc1. The number of ether oxygens (including phenoxy) is 1. The number of halogens is 3. The van der Waals surface area contributed by atoms with E-state index in [4.69, 9.17) is 0 Å². The van der Waals surface area contributed by atoms with Crippen molar-refractivity contribution in [1.82, 2.24) is 4.57 Å². The smallest absolute Gasteiger partial charge is 0.337 e. The molecule has 0 aliphatic carbocycles. The Balaban J connectivity index is 2.28. The summed E-state index contributed by atoms with van der Waals surface area (Å²) >= 11 is 9.41. The molecule has 0 aliphatic heterocycles. The number of aryl methyl sites for hydroxylation is 1. The lowest BCUT2D eigenvalue weighted by Crippen LogP contribution is -2.26. The fraction of sp³-hybridized carbons (Fsp3) is 0.188. The normalized spacial score (nSPS) is 10.5. The van der Waals surface area contributed by atoms with E-state index < -0.39 is 5.97 Å². The van der Waals surface area contributed by atoms with Gasteiger partial charge in [0.25, 0.3) is 5.56 Å². The minimum absolute atomic E-state index is 0.259. The molecule has 126 valence electrons.